The molecule has 2 heterocycles. The number of anilines is 1. The Morgan fingerprint density at radius 1 is 1.25 bits per heavy atom. The van der Waals surface area contributed by atoms with Gasteiger partial charge in [0.15, 0.2) is 11.6 Å². The number of hydrazone groups is 1. The number of carbonyl (C=O) groups is 3. The highest BCUT2D eigenvalue weighted by Crippen LogP contribution is 2.34. The molecule has 9 nitrogen and oxygen atoms in total. The maximum Gasteiger partial charge on any atom is 0.325 e. The molecule has 2 amide bonds. The maximum atomic E-state index is 12.9. The summed E-state index contributed by atoms with van der Waals surface area (Å²) >= 11 is 3.44. The van der Waals surface area contributed by atoms with Crippen molar-refractivity contribution in [2.45, 2.75) is 6.92 Å². The number of halogens is 1. The van der Waals surface area contributed by atoms with Crippen molar-refractivity contribution in [1.82, 2.24) is 10.3 Å². The third-order valence-electron chi connectivity index (χ3n) is 4.67. The average Bonchev–Trinajstić information content (AvgIpc) is 3.12. The second-order valence-corrected chi connectivity index (χ2v) is 7.81. The van der Waals surface area contributed by atoms with Crippen molar-refractivity contribution in [1.29, 1.82) is 0 Å². The van der Waals surface area contributed by atoms with Gasteiger partial charge in [-0.25, -0.2) is 5.43 Å². The molecule has 0 atom stereocenters. The Bertz CT molecular complexity index is 1220. The summed E-state index contributed by atoms with van der Waals surface area (Å²) in [4.78, 5) is 38.4. The van der Waals surface area contributed by atoms with Gasteiger partial charge >= 0.3 is 5.97 Å². The summed E-state index contributed by atoms with van der Waals surface area (Å²) in [5.74, 6) is -0.817. The Balaban J connectivity index is 1.78. The van der Waals surface area contributed by atoms with Crippen molar-refractivity contribution in [3.8, 4) is 0 Å². The van der Waals surface area contributed by atoms with E-state index in [4.69, 9.17) is 9.15 Å². The van der Waals surface area contributed by atoms with Crippen LogP contribution in [0, 0.1) is 0 Å². The van der Waals surface area contributed by atoms with E-state index in [9.17, 15) is 14.4 Å². The first kappa shape index (κ1) is 21.6. The van der Waals surface area contributed by atoms with Crippen molar-refractivity contribution in [2.75, 3.05) is 25.0 Å². The molecule has 1 aromatic heterocycles. The number of nitrogens with zero attached hydrogens (tertiary/aromatic N) is 2. The van der Waals surface area contributed by atoms with Crippen LogP contribution >= 0.6 is 15.9 Å². The van der Waals surface area contributed by atoms with Crippen LogP contribution in [-0.2, 0) is 14.3 Å². The lowest BCUT2D eigenvalue weighted by atomic mass is 10.1. The van der Waals surface area contributed by atoms with Gasteiger partial charge in [0.2, 0.25) is 0 Å². The Kier molecular flexibility index (Phi) is 6.22. The monoisotopic (exact) mass is 498 g/mol. The molecule has 2 N–H and O–H groups in total. The molecule has 0 fully saturated rings. The van der Waals surface area contributed by atoms with Crippen LogP contribution in [0.15, 0.2) is 62.5 Å². The lowest BCUT2D eigenvalue weighted by molar-refractivity contribution is -0.143. The number of rotatable bonds is 6. The van der Waals surface area contributed by atoms with Gasteiger partial charge in [0.1, 0.15) is 18.7 Å². The van der Waals surface area contributed by atoms with Gasteiger partial charge in [-0.2, -0.15) is 5.10 Å². The summed E-state index contributed by atoms with van der Waals surface area (Å²) in [6.45, 7) is 1.59. The molecule has 0 aliphatic carbocycles. The predicted octanol–water partition coefficient (Wildman–Crippen LogP) is 3.10. The number of esters is 1. The van der Waals surface area contributed by atoms with Crippen LogP contribution in [0.5, 0.6) is 0 Å². The summed E-state index contributed by atoms with van der Waals surface area (Å²) in [6, 6.07) is 14.1. The summed E-state index contributed by atoms with van der Waals surface area (Å²) in [5, 5.41) is 7.64. The molecule has 0 spiro atoms. The summed E-state index contributed by atoms with van der Waals surface area (Å²) in [6.07, 6.45) is 0. The number of benzene rings is 2. The van der Waals surface area contributed by atoms with Gasteiger partial charge in [0.05, 0.1) is 12.3 Å². The fraction of sp³-hybridized carbons (Fsp3) is 0.182. The highest BCUT2D eigenvalue weighted by Gasteiger charge is 2.31. The van der Waals surface area contributed by atoms with E-state index in [0.29, 0.717) is 22.2 Å². The average molecular weight is 499 g/mol. The Morgan fingerprint density at radius 3 is 2.78 bits per heavy atom. The molecule has 0 saturated carbocycles. The minimum absolute atomic E-state index is 0.121. The SMILES string of the molecule is CCOC(=O)CN1CC(=O)NN=C1c1oc2ccc(Br)cc2c1NC(=O)c1ccccc1. The smallest absolute Gasteiger partial charge is 0.325 e. The van der Waals surface area contributed by atoms with Gasteiger partial charge in [0, 0.05) is 15.4 Å². The van der Waals surface area contributed by atoms with Crippen molar-refractivity contribution in [3.05, 3.63) is 64.3 Å². The molecule has 4 rings (SSSR count). The molecule has 0 unspecified atom stereocenters. The quantitative estimate of drug-likeness (QED) is 0.504. The first-order valence-corrected chi connectivity index (χ1v) is 10.6. The van der Waals surface area contributed by atoms with E-state index in [1.54, 1.807) is 49.4 Å². The number of hydrogen-bond donors (Lipinski definition) is 2. The molecule has 0 radical (unpaired) electrons. The Labute approximate surface area is 191 Å². The van der Waals surface area contributed by atoms with E-state index in [-0.39, 0.29) is 43.1 Å². The van der Waals surface area contributed by atoms with Gasteiger partial charge in [-0.05, 0) is 37.3 Å². The van der Waals surface area contributed by atoms with Crippen LogP contribution in [0.4, 0.5) is 5.69 Å². The highest BCUT2D eigenvalue weighted by atomic mass is 79.9. The molecule has 10 heteroatoms. The minimum Gasteiger partial charge on any atom is -0.465 e. The summed E-state index contributed by atoms with van der Waals surface area (Å²) < 4.78 is 11.8. The number of amides is 2. The molecule has 0 saturated heterocycles. The largest absolute Gasteiger partial charge is 0.465 e. The maximum absolute atomic E-state index is 12.9. The second kappa shape index (κ2) is 9.23. The summed E-state index contributed by atoms with van der Waals surface area (Å²) in [5.41, 5.74) is 3.75. The van der Waals surface area contributed by atoms with Gasteiger partial charge in [-0.1, -0.05) is 34.1 Å². The van der Waals surface area contributed by atoms with Crippen molar-refractivity contribution in [2.24, 2.45) is 5.10 Å². The molecule has 3 aromatic rings. The highest BCUT2D eigenvalue weighted by molar-refractivity contribution is 9.10. The zero-order valence-corrected chi connectivity index (χ0v) is 18.6. The standard InChI is InChI=1S/C22H19BrN4O5/c1-2-31-18(29)12-27-11-17(28)25-26-21(27)20-19(15-10-14(23)8-9-16(15)32-20)24-22(30)13-6-4-3-5-7-13/h3-10H,2,11-12H2,1H3,(H,24,30)(H,25,28). The molecular formula is C22H19BrN4O5. The van der Waals surface area contributed by atoms with E-state index >= 15 is 0 Å². The van der Waals surface area contributed by atoms with E-state index in [2.05, 4.69) is 31.8 Å². The number of furan rings is 1. The molecule has 0 bridgehead atoms. The summed E-state index contributed by atoms with van der Waals surface area (Å²) in [7, 11) is 0. The van der Waals surface area contributed by atoms with E-state index in [1.165, 1.54) is 4.90 Å². The second-order valence-electron chi connectivity index (χ2n) is 6.90. The molecule has 32 heavy (non-hydrogen) atoms. The fourth-order valence-electron chi connectivity index (χ4n) is 3.28. The fourth-order valence-corrected chi connectivity index (χ4v) is 3.64. The zero-order chi connectivity index (χ0) is 22.7. The van der Waals surface area contributed by atoms with Gasteiger partial charge in [-0.3, -0.25) is 14.4 Å². The number of fused-ring (bicyclic) bond motifs is 1. The predicted molar refractivity (Wildman–Crippen MR) is 121 cm³/mol. The number of carbonyl (C=O) groups excluding carboxylic acids is 3. The molecule has 164 valence electrons. The third-order valence-corrected chi connectivity index (χ3v) is 5.17. The lowest BCUT2D eigenvalue weighted by Gasteiger charge is -2.26. The number of amidine groups is 1. The molecule has 1 aliphatic heterocycles. The van der Waals surface area contributed by atoms with Crippen molar-refractivity contribution >= 4 is 56.2 Å². The van der Waals surface area contributed by atoms with Crippen LogP contribution < -0.4 is 10.7 Å². The first-order chi connectivity index (χ1) is 15.5. The van der Waals surface area contributed by atoms with Crippen LogP contribution in [0.1, 0.15) is 23.0 Å². The van der Waals surface area contributed by atoms with Crippen LogP contribution in [0.25, 0.3) is 11.0 Å². The molecular weight excluding hydrogens is 480 g/mol. The molecule has 2 aromatic carbocycles. The van der Waals surface area contributed by atoms with E-state index in [0.717, 1.165) is 4.47 Å². The number of nitrogens with one attached hydrogen (secondary N) is 2. The topological polar surface area (TPSA) is 113 Å². The van der Waals surface area contributed by atoms with Gasteiger partial charge in [0.25, 0.3) is 11.8 Å². The van der Waals surface area contributed by atoms with Gasteiger partial charge < -0.3 is 19.4 Å². The Hall–Kier alpha value is -3.66. The first-order valence-electron chi connectivity index (χ1n) is 9.82. The zero-order valence-electron chi connectivity index (χ0n) is 17.1. The van der Waals surface area contributed by atoms with Crippen LogP contribution in [0.2, 0.25) is 0 Å². The Morgan fingerprint density at radius 2 is 2.03 bits per heavy atom. The lowest BCUT2D eigenvalue weighted by Crippen LogP contribution is -2.48. The van der Waals surface area contributed by atoms with Crippen molar-refractivity contribution in [3.63, 3.8) is 0 Å². The number of ether oxygens (including phenoxy) is 1. The van der Waals surface area contributed by atoms with E-state index in [1.807, 2.05) is 6.07 Å². The normalized spacial score (nSPS) is 13.5. The van der Waals surface area contributed by atoms with Crippen LogP contribution in [0.3, 0.4) is 0 Å². The van der Waals surface area contributed by atoms with Gasteiger partial charge in [-0.15, -0.1) is 0 Å². The molecule has 1 aliphatic rings. The van der Waals surface area contributed by atoms with E-state index < -0.39 is 5.97 Å². The third kappa shape index (κ3) is 4.50. The number of hydrogen-bond acceptors (Lipinski definition) is 7. The minimum atomic E-state index is -0.511. The van der Waals surface area contributed by atoms with Crippen LogP contribution in [-0.4, -0.2) is 48.2 Å². The van der Waals surface area contributed by atoms with Crippen molar-refractivity contribution < 1.29 is 23.5 Å².